The van der Waals surface area contributed by atoms with Gasteiger partial charge in [-0.3, -0.25) is 14.2 Å². The molecule has 0 aliphatic rings. The summed E-state index contributed by atoms with van der Waals surface area (Å²) in [6, 6.07) is 7.26. The maximum atomic E-state index is 11.6. The summed E-state index contributed by atoms with van der Waals surface area (Å²) in [7, 11) is 0. The first-order valence-corrected chi connectivity index (χ1v) is 7.69. The summed E-state index contributed by atoms with van der Waals surface area (Å²) < 4.78 is 1.74. The second kappa shape index (κ2) is 8.00. The third kappa shape index (κ3) is 4.86. The number of terminal acetylenes is 1. The van der Waals surface area contributed by atoms with Crippen LogP contribution in [0.4, 0.5) is 5.69 Å². The van der Waals surface area contributed by atoms with Crippen molar-refractivity contribution in [3.05, 3.63) is 30.6 Å². The fourth-order valence-electron chi connectivity index (χ4n) is 1.77. The molecule has 2 aromatic rings. The molecule has 1 aromatic heterocycles. The maximum Gasteiger partial charge on any atom is 0.231 e. The van der Waals surface area contributed by atoms with E-state index in [0.29, 0.717) is 10.8 Å². The Morgan fingerprint density at radius 2 is 2.26 bits per heavy atom. The molecule has 1 aromatic carbocycles. The van der Waals surface area contributed by atoms with E-state index in [0.717, 1.165) is 5.69 Å². The SMILES string of the molecule is C#CCNC(=O)CSc1nncn1-c1cccc(NC(C)=O)c1. The van der Waals surface area contributed by atoms with Crippen LogP contribution >= 0.6 is 11.8 Å². The molecule has 23 heavy (non-hydrogen) atoms. The minimum Gasteiger partial charge on any atom is -0.344 e. The van der Waals surface area contributed by atoms with Gasteiger partial charge in [0, 0.05) is 12.6 Å². The lowest BCUT2D eigenvalue weighted by Gasteiger charge is -2.08. The summed E-state index contributed by atoms with van der Waals surface area (Å²) in [4.78, 5) is 22.7. The van der Waals surface area contributed by atoms with Gasteiger partial charge in [0.05, 0.1) is 18.0 Å². The van der Waals surface area contributed by atoms with Crippen molar-refractivity contribution in [3.8, 4) is 18.0 Å². The van der Waals surface area contributed by atoms with Crippen molar-refractivity contribution in [3.63, 3.8) is 0 Å². The molecule has 0 bridgehead atoms. The summed E-state index contributed by atoms with van der Waals surface area (Å²) in [5.74, 6) is 2.21. The van der Waals surface area contributed by atoms with E-state index in [1.165, 1.54) is 18.7 Å². The fraction of sp³-hybridized carbons (Fsp3) is 0.200. The molecule has 118 valence electrons. The lowest BCUT2D eigenvalue weighted by Crippen LogP contribution is -2.25. The molecule has 0 aliphatic carbocycles. The number of amides is 2. The number of nitrogens with zero attached hydrogens (tertiary/aromatic N) is 3. The van der Waals surface area contributed by atoms with E-state index in [1.807, 2.05) is 12.1 Å². The molecule has 1 heterocycles. The quantitative estimate of drug-likeness (QED) is 0.611. The normalized spacial score (nSPS) is 9.91. The van der Waals surface area contributed by atoms with Crippen molar-refractivity contribution < 1.29 is 9.59 Å². The molecule has 2 amide bonds. The van der Waals surface area contributed by atoms with Crippen LogP contribution in [-0.2, 0) is 9.59 Å². The number of carbonyl (C=O) groups is 2. The van der Waals surface area contributed by atoms with E-state index in [9.17, 15) is 9.59 Å². The first-order chi connectivity index (χ1) is 11.1. The molecule has 0 spiro atoms. The largest absolute Gasteiger partial charge is 0.344 e. The van der Waals surface area contributed by atoms with Gasteiger partial charge in [0.25, 0.3) is 0 Å². The Morgan fingerprint density at radius 1 is 1.43 bits per heavy atom. The average Bonchev–Trinajstić information content (AvgIpc) is 2.99. The minimum atomic E-state index is -0.172. The Balaban J connectivity index is 2.10. The van der Waals surface area contributed by atoms with E-state index >= 15 is 0 Å². The average molecular weight is 329 g/mol. The number of anilines is 1. The number of benzene rings is 1. The van der Waals surface area contributed by atoms with Gasteiger partial charge >= 0.3 is 0 Å². The van der Waals surface area contributed by atoms with Gasteiger partial charge in [-0.1, -0.05) is 23.7 Å². The molecule has 2 N–H and O–H groups in total. The van der Waals surface area contributed by atoms with Crippen molar-refractivity contribution in [1.82, 2.24) is 20.1 Å². The Hall–Kier alpha value is -2.79. The smallest absolute Gasteiger partial charge is 0.231 e. The number of rotatable bonds is 6. The molecule has 8 heteroatoms. The maximum absolute atomic E-state index is 11.6. The number of hydrogen-bond donors (Lipinski definition) is 2. The number of hydrogen-bond acceptors (Lipinski definition) is 5. The van der Waals surface area contributed by atoms with Gasteiger partial charge < -0.3 is 10.6 Å². The van der Waals surface area contributed by atoms with Crippen molar-refractivity contribution in [2.24, 2.45) is 0 Å². The second-order valence-electron chi connectivity index (χ2n) is 4.48. The third-order valence-corrected chi connectivity index (χ3v) is 3.62. The summed E-state index contributed by atoms with van der Waals surface area (Å²) in [5, 5.41) is 13.7. The van der Waals surface area contributed by atoms with Gasteiger partial charge in [-0.15, -0.1) is 16.6 Å². The highest BCUT2D eigenvalue weighted by molar-refractivity contribution is 7.99. The van der Waals surface area contributed by atoms with Crippen LogP contribution in [-0.4, -0.2) is 38.9 Å². The lowest BCUT2D eigenvalue weighted by atomic mass is 10.2. The van der Waals surface area contributed by atoms with E-state index in [-0.39, 0.29) is 24.1 Å². The molecule has 0 fully saturated rings. The van der Waals surface area contributed by atoms with Gasteiger partial charge in [-0.05, 0) is 18.2 Å². The number of nitrogens with one attached hydrogen (secondary N) is 2. The first-order valence-electron chi connectivity index (χ1n) is 6.71. The minimum absolute atomic E-state index is 0.148. The van der Waals surface area contributed by atoms with Crippen LogP contribution in [0.15, 0.2) is 35.7 Å². The number of aromatic nitrogens is 3. The molecule has 0 atom stereocenters. The van der Waals surface area contributed by atoms with Gasteiger partial charge in [-0.25, -0.2) is 0 Å². The Morgan fingerprint density at radius 3 is 3.00 bits per heavy atom. The van der Waals surface area contributed by atoms with Crippen LogP contribution in [0.25, 0.3) is 5.69 Å². The molecule has 7 nitrogen and oxygen atoms in total. The summed E-state index contributed by atoms with van der Waals surface area (Å²) in [5.41, 5.74) is 1.46. The van der Waals surface area contributed by atoms with Crippen molar-refractivity contribution in [1.29, 1.82) is 0 Å². The van der Waals surface area contributed by atoms with Gasteiger partial charge in [-0.2, -0.15) is 0 Å². The topological polar surface area (TPSA) is 88.9 Å². The molecular formula is C15H15N5O2S. The standard InChI is InChI=1S/C15H15N5O2S/c1-3-7-16-14(22)9-23-15-19-17-10-20(15)13-6-4-5-12(8-13)18-11(2)21/h1,4-6,8,10H,7,9H2,2H3,(H,16,22)(H,18,21). The van der Waals surface area contributed by atoms with Crippen LogP contribution < -0.4 is 10.6 Å². The van der Waals surface area contributed by atoms with Crippen molar-refractivity contribution in [2.75, 3.05) is 17.6 Å². The van der Waals surface area contributed by atoms with Crippen LogP contribution in [0.1, 0.15) is 6.92 Å². The summed E-state index contributed by atoms with van der Waals surface area (Å²) >= 11 is 1.25. The second-order valence-corrected chi connectivity index (χ2v) is 5.43. The highest BCUT2D eigenvalue weighted by Crippen LogP contribution is 2.21. The predicted octanol–water partition coefficient (Wildman–Crippen LogP) is 1.07. The van der Waals surface area contributed by atoms with E-state index in [2.05, 4.69) is 26.8 Å². The summed E-state index contributed by atoms with van der Waals surface area (Å²) in [6.45, 7) is 1.65. The fourth-order valence-corrected chi connectivity index (χ4v) is 2.53. The van der Waals surface area contributed by atoms with Crippen LogP contribution in [0.2, 0.25) is 0 Å². The lowest BCUT2D eigenvalue weighted by molar-refractivity contribution is -0.118. The molecule has 0 saturated heterocycles. The van der Waals surface area contributed by atoms with Crippen molar-refractivity contribution in [2.45, 2.75) is 12.1 Å². The van der Waals surface area contributed by atoms with Crippen molar-refractivity contribution >= 4 is 29.3 Å². The van der Waals surface area contributed by atoms with Crippen LogP contribution in [0.5, 0.6) is 0 Å². The number of carbonyl (C=O) groups excluding carboxylic acids is 2. The zero-order chi connectivity index (χ0) is 16.7. The van der Waals surface area contributed by atoms with E-state index in [1.54, 1.807) is 23.0 Å². The first kappa shape index (κ1) is 16.6. The molecular weight excluding hydrogens is 314 g/mol. The molecule has 0 saturated carbocycles. The van der Waals surface area contributed by atoms with Gasteiger partial charge in [0.2, 0.25) is 11.8 Å². The zero-order valence-electron chi connectivity index (χ0n) is 12.4. The number of thioether (sulfide) groups is 1. The molecule has 0 aliphatic heterocycles. The summed E-state index contributed by atoms with van der Waals surface area (Å²) in [6.07, 6.45) is 6.64. The van der Waals surface area contributed by atoms with E-state index < -0.39 is 0 Å². The highest BCUT2D eigenvalue weighted by atomic mass is 32.2. The third-order valence-electron chi connectivity index (χ3n) is 2.68. The monoisotopic (exact) mass is 329 g/mol. The predicted molar refractivity (Wildman–Crippen MR) is 88.2 cm³/mol. The van der Waals surface area contributed by atoms with Crippen LogP contribution in [0.3, 0.4) is 0 Å². The Bertz CT molecular complexity index is 750. The zero-order valence-corrected chi connectivity index (χ0v) is 13.3. The van der Waals surface area contributed by atoms with Crippen LogP contribution in [0, 0.1) is 12.3 Å². The molecule has 0 unspecified atom stereocenters. The molecule has 0 radical (unpaired) electrons. The van der Waals surface area contributed by atoms with Gasteiger partial charge in [0.15, 0.2) is 5.16 Å². The highest BCUT2D eigenvalue weighted by Gasteiger charge is 2.10. The van der Waals surface area contributed by atoms with E-state index in [4.69, 9.17) is 6.42 Å². The Labute approximate surface area is 137 Å². The van der Waals surface area contributed by atoms with Gasteiger partial charge in [0.1, 0.15) is 6.33 Å². The Kier molecular flexibility index (Phi) is 5.77. The molecule has 2 rings (SSSR count).